The molecule has 4 aromatic rings. The first-order valence-corrected chi connectivity index (χ1v) is 9.58. The van der Waals surface area contributed by atoms with Crippen LogP contribution in [0.5, 0.6) is 5.75 Å². The minimum atomic E-state index is -4.17. The molecule has 0 fully saturated rings. The lowest BCUT2D eigenvalue weighted by Gasteiger charge is -2.10. The van der Waals surface area contributed by atoms with E-state index < -0.39 is 16.1 Å². The van der Waals surface area contributed by atoms with E-state index in [2.05, 4.69) is 12.1 Å². The number of fused-ring (bicyclic) bond motifs is 3. The normalized spacial score (nSPS) is 11.7. The van der Waals surface area contributed by atoms with Gasteiger partial charge >= 0.3 is 10.1 Å². The van der Waals surface area contributed by atoms with E-state index >= 15 is 0 Å². The molecule has 0 bridgehead atoms. The molecule has 0 saturated carbocycles. The number of hydrogen-bond donors (Lipinski definition) is 1. The molecular formula is C20H15NO4S. The quantitative estimate of drug-likeness (QED) is 0.431. The van der Waals surface area contributed by atoms with Crippen LogP contribution in [0.2, 0.25) is 0 Å². The van der Waals surface area contributed by atoms with Gasteiger partial charge in [-0.25, -0.2) is 4.98 Å². The van der Waals surface area contributed by atoms with Crippen LogP contribution in [0.4, 0.5) is 0 Å². The van der Waals surface area contributed by atoms with E-state index in [0.29, 0.717) is 5.75 Å². The molecule has 1 N–H and O–H groups in total. The van der Waals surface area contributed by atoms with Crippen molar-refractivity contribution < 1.29 is 17.7 Å². The zero-order valence-corrected chi connectivity index (χ0v) is 14.5. The first kappa shape index (κ1) is 16.5. The number of para-hydroxylation sites is 1. The molecule has 6 heteroatoms. The van der Waals surface area contributed by atoms with Crippen LogP contribution in [-0.2, 0) is 10.1 Å². The number of nitrogens with zero attached hydrogens (tertiary/aromatic N) is 1. The number of hydrogen-bond acceptors (Lipinski definition) is 4. The maximum atomic E-state index is 10.8. The highest BCUT2D eigenvalue weighted by Crippen LogP contribution is 2.32. The predicted molar refractivity (Wildman–Crippen MR) is 102 cm³/mol. The summed E-state index contributed by atoms with van der Waals surface area (Å²) >= 11 is 0. The predicted octanol–water partition coefficient (Wildman–Crippen LogP) is 4.28. The van der Waals surface area contributed by atoms with Crippen molar-refractivity contribution in [3.05, 3.63) is 72.8 Å². The Morgan fingerprint density at radius 2 is 1.42 bits per heavy atom. The van der Waals surface area contributed by atoms with Crippen LogP contribution in [0, 0.1) is 0 Å². The molecule has 130 valence electrons. The SMILES string of the molecule is O=S(=O)(O)COc1ccc(-c2nc3ccccc3c3ccccc23)cc1. The van der Waals surface area contributed by atoms with Gasteiger partial charge in [-0.15, -0.1) is 0 Å². The third kappa shape index (κ3) is 3.24. The number of benzene rings is 3. The molecule has 3 aromatic carbocycles. The fraction of sp³-hybridized carbons (Fsp3) is 0.0500. The highest BCUT2D eigenvalue weighted by Gasteiger charge is 2.10. The second kappa shape index (κ2) is 6.40. The van der Waals surface area contributed by atoms with Gasteiger partial charge in [-0.2, -0.15) is 8.42 Å². The molecule has 0 aliphatic carbocycles. The van der Waals surface area contributed by atoms with Crippen LogP contribution in [0.25, 0.3) is 32.9 Å². The van der Waals surface area contributed by atoms with Gasteiger partial charge in [-0.1, -0.05) is 42.5 Å². The first-order chi connectivity index (χ1) is 12.5. The van der Waals surface area contributed by atoms with Crippen LogP contribution in [-0.4, -0.2) is 23.9 Å². The van der Waals surface area contributed by atoms with E-state index in [-0.39, 0.29) is 0 Å². The number of aromatic nitrogens is 1. The average molecular weight is 365 g/mol. The summed E-state index contributed by atoms with van der Waals surface area (Å²) in [7, 11) is -4.17. The van der Waals surface area contributed by atoms with Crippen LogP contribution in [0.1, 0.15) is 0 Å². The summed E-state index contributed by atoms with van der Waals surface area (Å²) in [5, 5.41) is 3.26. The lowest BCUT2D eigenvalue weighted by Crippen LogP contribution is -2.10. The minimum Gasteiger partial charge on any atom is -0.475 e. The Bertz CT molecular complexity index is 1200. The van der Waals surface area contributed by atoms with Crippen LogP contribution in [0.3, 0.4) is 0 Å². The van der Waals surface area contributed by atoms with Gasteiger partial charge in [0.1, 0.15) is 5.75 Å². The monoisotopic (exact) mass is 365 g/mol. The Morgan fingerprint density at radius 1 is 0.808 bits per heavy atom. The van der Waals surface area contributed by atoms with E-state index in [0.717, 1.165) is 32.9 Å². The Hall–Kier alpha value is -2.96. The third-order valence-corrected chi connectivity index (χ3v) is 4.53. The molecule has 0 unspecified atom stereocenters. The number of pyridine rings is 1. The number of rotatable bonds is 4. The van der Waals surface area contributed by atoms with E-state index in [9.17, 15) is 8.42 Å². The standard InChI is InChI=1S/C20H15NO4S/c22-26(23,24)13-25-15-11-9-14(10-12-15)20-18-7-2-1-5-16(18)17-6-3-4-8-19(17)21-20/h1-12H,13H2,(H,22,23,24). The lowest BCUT2D eigenvalue weighted by atomic mass is 10.00. The Kier molecular flexibility index (Phi) is 4.06. The van der Waals surface area contributed by atoms with Gasteiger partial charge in [-0.3, -0.25) is 4.55 Å². The fourth-order valence-electron chi connectivity index (χ4n) is 2.98. The topological polar surface area (TPSA) is 76.5 Å². The van der Waals surface area contributed by atoms with Gasteiger partial charge < -0.3 is 4.74 Å². The smallest absolute Gasteiger partial charge is 0.300 e. The van der Waals surface area contributed by atoms with Gasteiger partial charge in [0, 0.05) is 16.3 Å². The number of ether oxygens (including phenoxy) is 1. The Balaban J connectivity index is 1.80. The van der Waals surface area contributed by atoms with Crippen molar-refractivity contribution in [2.24, 2.45) is 0 Å². The summed E-state index contributed by atoms with van der Waals surface area (Å²) in [6.45, 7) is 0. The maximum Gasteiger partial charge on any atom is 0.300 e. The summed E-state index contributed by atoms with van der Waals surface area (Å²) in [4.78, 5) is 4.81. The summed E-state index contributed by atoms with van der Waals surface area (Å²) in [5.41, 5.74) is 2.65. The van der Waals surface area contributed by atoms with Gasteiger partial charge in [0.25, 0.3) is 0 Å². The molecule has 0 atom stereocenters. The van der Waals surface area contributed by atoms with Crippen molar-refractivity contribution in [1.82, 2.24) is 4.98 Å². The molecule has 1 aromatic heterocycles. The maximum absolute atomic E-state index is 10.8. The highest BCUT2D eigenvalue weighted by molar-refractivity contribution is 7.85. The minimum absolute atomic E-state index is 0.358. The van der Waals surface area contributed by atoms with Crippen molar-refractivity contribution in [3.8, 4) is 17.0 Å². The first-order valence-electron chi connectivity index (χ1n) is 7.97. The van der Waals surface area contributed by atoms with Crippen molar-refractivity contribution in [2.75, 3.05) is 5.94 Å². The Morgan fingerprint density at radius 3 is 2.12 bits per heavy atom. The zero-order chi connectivity index (χ0) is 18.1. The molecule has 4 rings (SSSR count). The summed E-state index contributed by atoms with van der Waals surface area (Å²) in [6, 6.07) is 23.0. The molecule has 5 nitrogen and oxygen atoms in total. The van der Waals surface area contributed by atoms with Crippen LogP contribution in [0.15, 0.2) is 72.8 Å². The van der Waals surface area contributed by atoms with Gasteiger partial charge in [0.15, 0.2) is 0 Å². The van der Waals surface area contributed by atoms with E-state index in [1.807, 2.05) is 48.5 Å². The molecule has 0 aliphatic rings. The highest BCUT2D eigenvalue weighted by atomic mass is 32.2. The van der Waals surface area contributed by atoms with E-state index in [1.165, 1.54) is 0 Å². The molecule has 0 radical (unpaired) electrons. The molecule has 0 amide bonds. The molecular weight excluding hydrogens is 350 g/mol. The largest absolute Gasteiger partial charge is 0.475 e. The van der Waals surface area contributed by atoms with E-state index in [1.54, 1.807) is 12.1 Å². The van der Waals surface area contributed by atoms with Crippen molar-refractivity contribution in [3.63, 3.8) is 0 Å². The fourth-order valence-corrected chi connectivity index (χ4v) is 3.26. The molecule has 26 heavy (non-hydrogen) atoms. The van der Waals surface area contributed by atoms with Crippen LogP contribution >= 0.6 is 0 Å². The van der Waals surface area contributed by atoms with Crippen LogP contribution < -0.4 is 4.74 Å². The van der Waals surface area contributed by atoms with Crippen molar-refractivity contribution in [1.29, 1.82) is 0 Å². The average Bonchev–Trinajstić information content (AvgIpc) is 2.66. The van der Waals surface area contributed by atoms with Gasteiger partial charge in [0.05, 0.1) is 11.2 Å². The summed E-state index contributed by atoms with van der Waals surface area (Å²) in [6.07, 6.45) is 0. The van der Waals surface area contributed by atoms with Crippen molar-refractivity contribution >= 4 is 31.8 Å². The lowest BCUT2D eigenvalue weighted by molar-refractivity contribution is 0.353. The van der Waals surface area contributed by atoms with Gasteiger partial charge in [-0.05, 0) is 35.7 Å². The summed E-state index contributed by atoms with van der Waals surface area (Å²) in [5.74, 6) is -0.416. The second-order valence-electron chi connectivity index (χ2n) is 5.89. The summed E-state index contributed by atoms with van der Waals surface area (Å²) < 4.78 is 35.4. The molecule has 1 heterocycles. The molecule has 0 aliphatic heterocycles. The van der Waals surface area contributed by atoms with E-state index in [4.69, 9.17) is 14.3 Å². The molecule has 0 spiro atoms. The second-order valence-corrected chi connectivity index (χ2v) is 7.29. The zero-order valence-electron chi connectivity index (χ0n) is 13.7. The van der Waals surface area contributed by atoms with Gasteiger partial charge in [0.2, 0.25) is 5.94 Å². The Labute approximate surface area is 150 Å². The molecule has 0 saturated heterocycles. The third-order valence-electron chi connectivity index (χ3n) is 4.11. The van der Waals surface area contributed by atoms with Crippen molar-refractivity contribution in [2.45, 2.75) is 0 Å².